The molecule has 0 N–H and O–H groups in total. The molecule has 0 aromatic rings. The van der Waals surface area contributed by atoms with Crippen LogP contribution in [0.5, 0.6) is 0 Å². The zero-order valence-electron chi connectivity index (χ0n) is 10.7. The number of hydrogen-bond donors (Lipinski definition) is 0. The first-order chi connectivity index (χ1) is 8.40. The van der Waals surface area contributed by atoms with Crippen molar-refractivity contribution in [3.05, 3.63) is 0 Å². The molecule has 17 heavy (non-hydrogen) atoms. The fourth-order valence-electron chi connectivity index (χ4n) is 2.95. The Morgan fingerprint density at radius 2 is 1.82 bits per heavy atom. The predicted molar refractivity (Wildman–Crippen MR) is 71.8 cm³/mol. The maximum Gasteiger partial charge on any atom is 0.0594 e. The maximum atomic E-state index is 5.92. The molecule has 2 fully saturated rings. The highest BCUT2D eigenvalue weighted by molar-refractivity contribution is 6.18. The van der Waals surface area contributed by atoms with Crippen LogP contribution in [0, 0.1) is 0 Å². The number of halogens is 1. The molecule has 0 atom stereocenters. The van der Waals surface area contributed by atoms with E-state index in [2.05, 4.69) is 9.80 Å². The Balaban J connectivity index is 1.72. The smallest absolute Gasteiger partial charge is 0.0594 e. The molecule has 0 spiro atoms. The second-order valence-corrected chi connectivity index (χ2v) is 5.50. The van der Waals surface area contributed by atoms with Crippen LogP contribution in [0.1, 0.15) is 25.7 Å². The van der Waals surface area contributed by atoms with E-state index in [1.165, 1.54) is 38.8 Å². The first kappa shape index (κ1) is 13.6. The van der Waals surface area contributed by atoms with Crippen LogP contribution in [0.4, 0.5) is 0 Å². The van der Waals surface area contributed by atoms with Gasteiger partial charge >= 0.3 is 0 Å². The molecule has 0 aromatic heterocycles. The van der Waals surface area contributed by atoms with Gasteiger partial charge in [0.2, 0.25) is 0 Å². The van der Waals surface area contributed by atoms with Gasteiger partial charge in [0.05, 0.1) is 13.2 Å². The Morgan fingerprint density at radius 3 is 2.47 bits per heavy atom. The molecule has 2 aliphatic rings. The second kappa shape index (κ2) is 7.57. The minimum Gasteiger partial charge on any atom is -0.379 e. The van der Waals surface area contributed by atoms with Gasteiger partial charge < -0.3 is 4.74 Å². The third kappa shape index (κ3) is 4.40. The Morgan fingerprint density at radius 1 is 1.12 bits per heavy atom. The summed E-state index contributed by atoms with van der Waals surface area (Å²) in [6.45, 7) is 7.40. The molecule has 1 saturated heterocycles. The summed E-state index contributed by atoms with van der Waals surface area (Å²) in [6, 6.07) is 0.801. The van der Waals surface area contributed by atoms with Crippen molar-refractivity contribution >= 4 is 11.6 Å². The van der Waals surface area contributed by atoms with Crippen LogP contribution in [-0.2, 0) is 4.74 Å². The molecule has 4 heteroatoms. The van der Waals surface area contributed by atoms with Crippen molar-refractivity contribution in [1.29, 1.82) is 0 Å². The van der Waals surface area contributed by atoms with Gasteiger partial charge in [-0.1, -0.05) is 12.8 Å². The largest absolute Gasteiger partial charge is 0.379 e. The number of ether oxygens (including phenoxy) is 1. The lowest BCUT2D eigenvalue weighted by Crippen LogP contribution is -2.44. The van der Waals surface area contributed by atoms with E-state index in [0.29, 0.717) is 0 Å². The highest BCUT2D eigenvalue weighted by Crippen LogP contribution is 2.23. The second-order valence-electron chi connectivity index (χ2n) is 5.12. The van der Waals surface area contributed by atoms with Crippen LogP contribution >= 0.6 is 11.6 Å². The number of hydrogen-bond acceptors (Lipinski definition) is 3. The van der Waals surface area contributed by atoms with Crippen LogP contribution in [0.3, 0.4) is 0 Å². The molecule has 0 aromatic carbocycles. The van der Waals surface area contributed by atoms with Crippen LogP contribution in [-0.4, -0.2) is 67.7 Å². The monoisotopic (exact) mass is 260 g/mol. The van der Waals surface area contributed by atoms with Gasteiger partial charge in [0.25, 0.3) is 0 Å². The third-order valence-electron chi connectivity index (χ3n) is 4.02. The fourth-order valence-corrected chi connectivity index (χ4v) is 3.17. The molecule has 100 valence electrons. The molecule has 0 bridgehead atoms. The van der Waals surface area contributed by atoms with Gasteiger partial charge in [-0.15, -0.1) is 11.6 Å². The zero-order valence-corrected chi connectivity index (χ0v) is 11.5. The SMILES string of the molecule is ClCCN(CCN1CCOCC1)C1CCCC1. The molecule has 1 saturated carbocycles. The van der Waals surface area contributed by atoms with Crippen molar-refractivity contribution in [2.24, 2.45) is 0 Å². The quantitative estimate of drug-likeness (QED) is 0.678. The van der Waals surface area contributed by atoms with Gasteiger partial charge in [-0.2, -0.15) is 0 Å². The topological polar surface area (TPSA) is 15.7 Å². The summed E-state index contributed by atoms with van der Waals surface area (Å²) < 4.78 is 5.38. The molecule has 0 amide bonds. The summed E-state index contributed by atoms with van der Waals surface area (Å²) in [6.07, 6.45) is 5.56. The summed E-state index contributed by atoms with van der Waals surface area (Å²) in [5.74, 6) is 0.764. The average molecular weight is 261 g/mol. The highest BCUT2D eigenvalue weighted by Gasteiger charge is 2.22. The standard InChI is InChI=1S/C13H25ClN2O/c14-5-6-16(13-3-1-2-4-13)8-7-15-9-11-17-12-10-15/h13H,1-12H2. The van der Waals surface area contributed by atoms with Crippen molar-refractivity contribution in [1.82, 2.24) is 9.80 Å². The van der Waals surface area contributed by atoms with E-state index in [-0.39, 0.29) is 0 Å². The Hall–Kier alpha value is 0.170. The van der Waals surface area contributed by atoms with Crippen LogP contribution < -0.4 is 0 Å². The Bertz CT molecular complexity index is 204. The molecule has 1 aliphatic carbocycles. The first-order valence-corrected chi connectivity index (χ1v) is 7.53. The van der Waals surface area contributed by atoms with E-state index in [1.54, 1.807) is 0 Å². The van der Waals surface area contributed by atoms with Crippen molar-refractivity contribution in [3.8, 4) is 0 Å². The van der Waals surface area contributed by atoms with E-state index in [0.717, 1.165) is 44.8 Å². The van der Waals surface area contributed by atoms with Gasteiger partial charge in [-0.3, -0.25) is 9.80 Å². The highest BCUT2D eigenvalue weighted by atomic mass is 35.5. The molecule has 0 unspecified atom stereocenters. The summed E-state index contributed by atoms with van der Waals surface area (Å²) in [5.41, 5.74) is 0. The Kier molecular flexibility index (Phi) is 6.06. The molecule has 3 nitrogen and oxygen atoms in total. The van der Waals surface area contributed by atoms with Gasteiger partial charge in [0.15, 0.2) is 0 Å². The van der Waals surface area contributed by atoms with Gasteiger partial charge in [-0.25, -0.2) is 0 Å². The molecule has 2 rings (SSSR count). The fraction of sp³-hybridized carbons (Fsp3) is 1.00. The summed E-state index contributed by atoms with van der Waals surface area (Å²) in [4.78, 5) is 5.12. The summed E-state index contributed by atoms with van der Waals surface area (Å²) in [5, 5.41) is 0. The lowest BCUT2D eigenvalue weighted by Gasteiger charge is -2.32. The number of alkyl halides is 1. The molecule has 1 heterocycles. The molecule has 1 aliphatic heterocycles. The number of rotatable bonds is 6. The lowest BCUT2D eigenvalue weighted by molar-refractivity contribution is 0.0313. The maximum absolute atomic E-state index is 5.92. The number of morpholine rings is 1. The third-order valence-corrected chi connectivity index (χ3v) is 4.19. The van der Waals surface area contributed by atoms with E-state index in [4.69, 9.17) is 16.3 Å². The Labute approximate surface area is 110 Å². The van der Waals surface area contributed by atoms with Crippen molar-refractivity contribution < 1.29 is 4.74 Å². The number of nitrogens with zero attached hydrogens (tertiary/aromatic N) is 2. The van der Waals surface area contributed by atoms with Gasteiger partial charge in [-0.05, 0) is 12.8 Å². The van der Waals surface area contributed by atoms with Crippen LogP contribution in [0.15, 0.2) is 0 Å². The normalized spacial score (nSPS) is 23.6. The predicted octanol–water partition coefficient (Wildman–Crippen LogP) is 1.80. The van der Waals surface area contributed by atoms with Gasteiger partial charge in [0, 0.05) is 44.6 Å². The van der Waals surface area contributed by atoms with Gasteiger partial charge in [0.1, 0.15) is 0 Å². The van der Waals surface area contributed by atoms with E-state index in [1.807, 2.05) is 0 Å². The van der Waals surface area contributed by atoms with Crippen LogP contribution in [0.2, 0.25) is 0 Å². The van der Waals surface area contributed by atoms with E-state index >= 15 is 0 Å². The van der Waals surface area contributed by atoms with E-state index in [9.17, 15) is 0 Å². The van der Waals surface area contributed by atoms with Crippen LogP contribution in [0.25, 0.3) is 0 Å². The zero-order chi connectivity index (χ0) is 11.9. The van der Waals surface area contributed by atoms with Crippen molar-refractivity contribution in [2.45, 2.75) is 31.7 Å². The molecular formula is C13H25ClN2O. The molecule has 0 radical (unpaired) electrons. The first-order valence-electron chi connectivity index (χ1n) is 7.00. The summed E-state index contributed by atoms with van der Waals surface area (Å²) in [7, 11) is 0. The van der Waals surface area contributed by atoms with Crippen molar-refractivity contribution in [3.63, 3.8) is 0 Å². The van der Waals surface area contributed by atoms with Crippen molar-refractivity contribution in [2.75, 3.05) is 51.8 Å². The van der Waals surface area contributed by atoms with E-state index < -0.39 is 0 Å². The minimum absolute atomic E-state index is 0.764. The molecular weight excluding hydrogens is 236 g/mol. The minimum atomic E-state index is 0.764. The average Bonchev–Trinajstić information content (AvgIpc) is 2.89. The summed E-state index contributed by atoms with van der Waals surface area (Å²) >= 11 is 5.92. The lowest BCUT2D eigenvalue weighted by atomic mass is 10.2.